The van der Waals surface area contributed by atoms with E-state index in [0.29, 0.717) is 11.9 Å². The number of hydrogen-bond donors (Lipinski definition) is 1. The lowest BCUT2D eigenvalue weighted by molar-refractivity contribution is -0.137. The topological polar surface area (TPSA) is 31.4 Å². The quantitative estimate of drug-likeness (QED) is 0.899. The lowest BCUT2D eigenvalue weighted by Crippen LogP contribution is -2.51. The predicted octanol–water partition coefficient (Wildman–Crippen LogP) is 1.58. The maximum absolute atomic E-state index is 12.5. The van der Waals surface area contributed by atoms with E-state index in [0.717, 1.165) is 51.5 Å². The summed E-state index contributed by atoms with van der Waals surface area (Å²) in [6.07, 6.45) is -2.22. The van der Waals surface area contributed by atoms with Crippen molar-refractivity contribution in [3.05, 3.63) is 23.9 Å². The Morgan fingerprint density at radius 3 is 2.43 bits per heavy atom. The first kappa shape index (κ1) is 14.6. The van der Waals surface area contributed by atoms with Gasteiger partial charge in [-0.05, 0) is 25.1 Å². The zero-order valence-electron chi connectivity index (χ0n) is 11.7. The second kappa shape index (κ2) is 5.81. The molecule has 2 aliphatic rings. The molecule has 0 saturated carbocycles. The lowest BCUT2D eigenvalue weighted by Gasteiger charge is -2.38. The number of rotatable bonds is 2. The van der Waals surface area contributed by atoms with Crippen molar-refractivity contribution in [2.75, 3.05) is 44.2 Å². The van der Waals surface area contributed by atoms with Crippen molar-refractivity contribution in [3.63, 3.8) is 0 Å². The number of nitrogens with zero attached hydrogens (tertiary/aromatic N) is 3. The molecule has 1 aromatic heterocycles. The van der Waals surface area contributed by atoms with Gasteiger partial charge in [-0.25, -0.2) is 4.98 Å². The maximum atomic E-state index is 12.5. The van der Waals surface area contributed by atoms with Crippen LogP contribution in [0.1, 0.15) is 12.0 Å². The molecule has 2 aliphatic heterocycles. The Balaban J connectivity index is 1.59. The van der Waals surface area contributed by atoms with Crippen molar-refractivity contribution in [1.29, 1.82) is 0 Å². The molecule has 7 heteroatoms. The van der Waals surface area contributed by atoms with E-state index in [4.69, 9.17) is 0 Å². The van der Waals surface area contributed by atoms with E-state index < -0.39 is 11.7 Å². The third-order valence-electron chi connectivity index (χ3n) is 4.26. The predicted molar refractivity (Wildman–Crippen MR) is 74.3 cm³/mol. The van der Waals surface area contributed by atoms with Gasteiger partial charge in [0, 0.05) is 45.0 Å². The van der Waals surface area contributed by atoms with E-state index in [1.54, 1.807) is 0 Å². The van der Waals surface area contributed by atoms with Crippen LogP contribution in [0.2, 0.25) is 0 Å². The van der Waals surface area contributed by atoms with Crippen LogP contribution in [0.4, 0.5) is 19.0 Å². The van der Waals surface area contributed by atoms with Crippen LogP contribution >= 0.6 is 0 Å². The average Bonchev–Trinajstić information content (AvgIpc) is 3.01. The van der Waals surface area contributed by atoms with Crippen molar-refractivity contribution < 1.29 is 13.2 Å². The number of pyridine rings is 1. The highest BCUT2D eigenvalue weighted by Crippen LogP contribution is 2.29. The summed E-state index contributed by atoms with van der Waals surface area (Å²) in [5.74, 6) is 0.632. The molecular weight excluding hydrogens is 281 g/mol. The molecule has 0 radical (unpaired) electrons. The van der Waals surface area contributed by atoms with Gasteiger partial charge in [0.15, 0.2) is 0 Å². The lowest BCUT2D eigenvalue weighted by atomic mass is 10.2. The van der Waals surface area contributed by atoms with Gasteiger partial charge < -0.3 is 10.2 Å². The van der Waals surface area contributed by atoms with Gasteiger partial charge in [-0.15, -0.1) is 0 Å². The Hall–Kier alpha value is -1.34. The van der Waals surface area contributed by atoms with Gasteiger partial charge in [0.05, 0.1) is 5.56 Å². The SMILES string of the molecule is FC(F)(F)c1ccc(N2CCN(C3CCNC3)CC2)nc1. The summed E-state index contributed by atoms with van der Waals surface area (Å²) in [6.45, 7) is 5.62. The number of hydrogen-bond acceptors (Lipinski definition) is 4. The fourth-order valence-corrected chi connectivity index (χ4v) is 3.01. The third-order valence-corrected chi connectivity index (χ3v) is 4.26. The van der Waals surface area contributed by atoms with E-state index in [9.17, 15) is 13.2 Å². The standard InChI is InChI=1S/C14H19F3N4/c15-14(16,17)11-1-2-13(19-9-11)21-7-5-20(6-8-21)12-3-4-18-10-12/h1-2,9,12,18H,3-8,10H2. The Morgan fingerprint density at radius 1 is 1.14 bits per heavy atom. The highest BCUT2D eigenvalue weighted by molar-refractivity contribution is 5.40. The van der Waals surface area contributed by atoms with Gasteiger partial charge in [0.2, 0.25) is 0 Å². The van der Waals surface area contributed by atoms with Crippen molar-refractivity contribution in [2.45, 2.75) is 18.6 Å². The molecule has 3 rings (SSSR count). The van der Waals surface area contributed by atoms with Crippen LogP contribution in [-0.4, -0.2) is 55.2 Å². The summed E-state index contributed by atoms with van der Waals surface area (Å²) in [5.41, 5.74) is -0.693. The molecule has 2 saturated heterocycles. The smallest absolute Gasteiger partial charge is 0.354 e. The minimum atomic E-state index is -4.32. The first-order chi connectivity index (χ1) is 10.0. The fraction of sp³-hybridized carbons (Fsp3) is 0.643. The number of nitrogens with one attached hydrogen (secondary N) is 1. The zero-order valence-corrected chi connectivity index (χ0v) is 11.7. The largest absolute Gasteiger partial charge is 0.417 e. The number of piperazine rings is 1. The molecule has 1 unspecified atom stereocenters. The second-order valence-corrected chi connectivity index (χ2v) is 5.57. The molecule has 1 N–H and O–H groups in total. The van der Waals surface area contributed by atoms with Crippen molar-refractivity contribution in [3.8, 4) is 0 Å². The summed E-state index contributed by atoms with van der Waals surface area (Å²) < 4.78 is 37.6. The van der Waals surface area contributed by atoms with Gasteiger partial charge in [0.1, 0.15) is 5.82 Å². The molecular formula is C14H19F3N4. The molecule has 21 heavy (non-hydrogen) atoms. The van der Waals surface area contributed by atoms with Gasteiger partial charge in [-0.3, -0.25) is 4.90 Å². The Kier molecular flexibility index (Phi) is 4.03. The minimum absolute atomic E-state index is 0.604. The van der Waals surface area contributed by atoms with E-state index in [-0.39, 0.29) is 0 Å². The van der Waals surface area contributed by atoms with Crippen LogP contribution in [0.25, 0.3) is 0 Å². The molecule has 4 nitrogen and oxygen atoms in total. The number of halogens is 3. The van der Waals surface area contributed by atoms with E-state index in [1.807, 2.05) is 0 Å². The van der Waals surface area contributed by atoms with Crippen molar-refractivity contribution >= 4 is 5.82 Å². The molecule has 3 heterocycles. The highest BCUT2D eigenvalue weighted by atomic mass is 19.4. The zero-order chi connectivity index (χ0) is 14.9. The molecule has 1 aromatic rings. The van der Waals surface area contributed by atoms with Crippen molar-refractivity contribution in [1.82, 2.24) is 15.2 Å². The number of anilines is 1. The summed E-state index contributed by atoms with van der Waals surface area (Å²) >= 11 is 0. The number of alkyl halides is 3. The molecule has 2 fully saturated rings. The van der Waals surface area contributed by atoms with Gasteiger partial charge in [0.25, 0.3) is 0 Å². The summed E-state index contributed by atoms with van der Waals surface area (Å²) in [6, 6.07) is 3.18. The summed E-state index contributed by atoms with van der Waals surface area (Å²) in [5, 5.41) is 3.36. The molecule has 116 valence electrons. The van der Waals surface area contributed by atoms with Gasteiger partial charge in [-0.1, -0.05) is 0 Å². The molecule has 0 aromatic carbocycles. The van der Waals surface area contributed by atoms with E-state index >= 15 is 0 Å². The Morgan fingerprint density at radius 2 is 1.90 bits per heavy atom. The monoisotopic (exact) mass is 300 g/mol. The van der Waals surface area contributed by atoms with Crippen LogP contribution in [0.15, 0.2) is 18.3 Å². The first-order valence-electron chi connectivity index (χ1n) is 7.27. The highest BCUT2D eigenvalue weighted by Gasteiger charge is 2.31. The first-order valence-corrected chi connectivity index (χ1v) is 7.27. The van der Waals surface area contributed by atoms with E-state index in [1.165, 1.54) is 12.5 Å². The summed E-state index contributed by atoms with van der Waals surface area (Å²) in [4.78, 5) is 8.48. The van der Waals surface area contributed by atoms with Gasteiger partial charge in [-0.2, -0.15) is 13.2 Å². The maximum Gasteiger partial charge on any atom is 0.417 e. The van der Waals surface area contributed by atoms with Crippen molar-refractivity contribution in [2.24, 2.45) is 0 Å². The Bertz CT molecular complexity index is 460. The van der Waals surface area contributed by atoms with Crippen LogP contribution in [0, 0.1) is 0 Å². The molecule has 0 amide bonds. The fourth-order valence-electron chi connectivity index (χ4n) is 3.01. The molecule has 1 atom stereocenters. The van der Waals surface area contributed by atoms with E-state index in [2.05, 4.69) is 20.1 Å². The molecule has 0 bridgehead atoms. The number of aromatic nitrogens is 1. The van der Waals surface area contributed by atoms with Gasteiger partial charge >= 0.3 is 6.18 Å². The third kappa shape index (κ3) is 3.29. The molecule has 0 aliphatic carbocycles. The average molecular weight is 300 g/mol. The second-order valence-electron chi connectivity index (χ2n) is 5.57. The van der Waals surface area contributed by atoms with Crippen LogP contribution in [0.5, 0.6) is 0 Å². The van der Waals surface area contributed by atoms with Crippen LogP contribution < -0.4 is 10.2 Å². The summed E-state index contributed by atoms with van der Waals surface area (Å²) in [7, 11) is 0. The minimum Gasteiger partial charge on any atom is -0.354 e. The van der Waals surface area contributed by atoms with Crippen LogP contribution in [-0.2, 0) is 6.18 Å². The van der Waals surface area contributed by atoms with Crippen LogP contribution in [0.3, 0.4) is 0 Å². The Labute approximate surface area is 121 Å². The molecule has 0 spiro atoms. The normalized spacial score (nSPS) is 24.5.